The third kappa shape index (κ3) is 7.06. The number of esters is 1. The monoisotopic (exact) mass is 645 g/mol. The van der Waals surface area contributed by atoms with E-state index in [1.54, 1.807) is 43.7 Å². The highest BCUT2D eigenvalue weighted by atomic mass is 35.5. The topological polar surface area (TPSA) is 156 Å². The standard InChI is InChI=1S/C30H37F2N9O3.ClH/c1-15(2)24(33)29(42)36-25(16(3)4)30(43)44-17(5)26-37-27(39-38-26)20-14-34-41-12-10-23(35-28(20)41)40-11-6-7-22(40)19-13-18(31)8-9-21(19)32;/h8-10,12-17,22,24-25H,6-7,11,33H2,1-5H3,(H,36,42)(H,37,38,39);1H/t17-,22+,24-,25?;/m0./s1. The van der Waals surface area contributed by atoms with Crippen LogP contribution >= 0.6 is 12.4 Å². The molecular weight excluding hydrogens is 608 g/mol. The van der Waals surface area contributed by atoms with E-state index in [0.717, 1.165) is 18.6 Å². The Kier molecular flexibility index (Phi) is 10.4. The summed E-state index contributed by atoms with van der Waals surface area (Å²) >= 11 is 0. The fourth-order valence-corrected chi connectivity index (χ4v) is 5.24. The van der Waals surface area contributed by atoms with Gasteiger partial charge in [0.05, 0.1) is 23.8 Å². The third-order valence-electron chi connectivity index (χ3n) is 7.88. The highest BCUT2D eigenvalue weighted by Gasteiger charge is 2.32. The molecule has 1 aliphatic rings. The number of aromatic amines is 1. The van der Waals surface area contributed by atoms with E-state index < -0.39 is 41.7 Å². The van der Waals surface area contributed by atoms with Crippen LogP contribution < -0.4 is 16.0 Å². The Morgan fingerprint density at radius 1 is 1.11 bits per heavy atom. The number of benzene rings is 1. The number of carbonyl (C=O) groups excluding carboxylic acids is 2. The molecule has 1 amide bonds. The molecule has 1 aromatic carbocycles. The number of anilines is 1. The van der Waals surface area contributed by atoms with Crippen molar-refractivity contribution < 1.29 is 23.1 Å². The van der Waals surface area contributed by atoms with Crippen molar-refractivity contribution in [2.45, 2.75) is 71.7 Å². The fraction of sp³-hybridized carbons (Fsp3) is 0.467. The average molecular weight is 646 g/mol. The minimum atomic E-state index is -0.894. The molecule has 0 bridgehead atoms. The summed E-state index contributed by atoms with van der Waals surface area (Å²) in [5.41, 5.74) is 7.23. The number of nitrogens with one attached hydrogen (secondary N) is 2. The van der Waals surface area contributed by atoms with Gasteiger partial charge in [0, 0.05) is 18.3 Å². The first-order chi connectivity index (χ1) is 20.9. The SMILES string of the molecule is CC(C)C(NC(=O)[C@@H](N)C(C)C)C(=O)O[C@@H](C)c1nc(-c2cnn3ccc(N4CCC[C@@H]4c4cc(F)ccc4F)nc23)n[nH]1.Cl. The second kappa shape index (κ2) is 13.9. The third-order valence-corrected chi connectivity index (χ3v) is 7.88. The zero-order valence-electron chi connectivity index (χ0n) is 25.7. The Balaban J connectivity index is 0.00000461. The largest absolute Gasteiger partial charge is 0.453 e. The van der Waals surface area contributed by atoms with Crippen LogP contribution in [-0.4, -0.2) is 60.3 Å². The van der Waals surface area contributed by atoms with Crippen molar-refractivity contribution in [3.8, 4) is 11.4 Å². The van der Waals surface area contributed by atoms with E-state index in [2.05, 4.69) is 25.6 Å². The molecule has 1 aliphatic heterocycles. The molecule has 4 aromatic rings. The minimum absolute atomic E-state index is 0. The van der Waals surface area contributed by atoms with Gasteiger partial charge in [-0.05, 0) is 55.9 Å². The van der Waals surface area contributed by atoms with Gasteiger partial charge < -0.3 is 20.7 Å². The van der Waals surface area contributed by atoms with Crippen LogP contribution in [0.2, 0.25) is 0 Å². The van der Waals surface area contributed by atoms with Crippen LogP contribution in [0.15, 0.2) is 36.7 Å². The van der Waals surface area contributed by atoms with Crippen molar-refractivity contribution in [3.63, 3.8) is 0 Å². The van der Waals surface area contributed by atoms with Gasteiger partial charge in [0.2, 0.25) is 5.91 Å². The maximum atomic E-state index is 14.6. The summed E-state index contributed by atoms with van der Waals surface area (Å²) in [4.78, 5) is 36.8. The molecule has 1 fully saturated rings. The number of hydrogen-bond acceptors (Lipinski definition) is 9. The summed E-state index contributed by atoms with van der Waals surface area (Å²) in [6.45, 7) is 9.53. The summed E-state index contributed by atoms with van der Waals surface area (Å²) in [5.74, 6) is -1.17. The lowest BCUT2D eigenvalue weighted by molar-refractivity contribution is -0.154. The molecule has 1 unspecified atom stereocenters. The van der Waals surface area contributed by atoms with E-state index >= 15 is 0 Å². The smallest absolute Gasteiger partial charge is 0.329 e. The van der Waals surface area contributed by atoms with Gasteiger partial charge in [0.25, 0.3) is 0 Å². The maximum Gasteiger partial charge on any atom is 0.329 e. The summed E-state index contributed by atoms with van der Waals surface area (Å²) < 4.78 is 35.8. The molecule has 1 saturated heterocycles. The minimum Gasteiger partial charge on any atom is -0.453 e. The highest BCUT2D eigenvalue weighted by Crippen LogP contribution is 2.37. The molecule has 0 aliphatic carbocycles. The molecule has 15 heteroatoms. The van der Waals surface area contributed by atoms with Gasteiger partial charge in [-0.25, -0.2) is 28.1 Å². The normalized spacial score (nSPS) is 16.9. The second-order valence-corrected chi connectivity index (χ2v) is 11.8. The molecule has 0 saturated carbocycles. The Labute approximate surface area is 265 Å². The van der Waals surface area contributed by atoms with Gasteiger partial charge in [0.1, 0.15) is 23.5 Å². The van der Waals surface area contributed by atoms with Crippen molar-refractivity contribution >= 4 is 35.7 Å². The number of nitrogens with two attached hydrogens (primary N) is 1. The number of rotatable bonds is 10. The van der Waals surface area contributed by atoms with Crippen LogP contribution in [0, 0.1) is 23.5 Å². The number of aromatic nitrogens is 6. The summed E-state index contributed by atoms with van der Waals surface area (Å²) in [7, 11) is 0. The van der Waals surface area contributed by atoms with Crippen LogP contribution in [0.4, 0.5) is 14.6 Å². The number of H-pyrrole nitrogens is 1. The first-order valence-corrected chi connectivity index (χ1v) is 14.7. The van der Waals surface area contributed by atoms with Gasteiger partial charge >= 0.3 is 5.97 Å². The van der Waals surface area contributed by atoms with Crippen molar-refractivity contribution in [3.05, 3.63) is 59.7 Å². The van der Waals surface area contributed by atoms with Crippen molar-refractivity contribution in [2.75, 3.05) is 11.4 Å². The molecular formula is C30H38ClF2N9O3. The van der Waals surface area contributed by atoms with Crippen molar-refractivity contribution in [2.24, 2.45) is 17.6 Å². The van der Waals surface area contributed by atoms with Crippen molar-refractivity contribution in [1.82, 2.24) is 35.1 Å². The number of fused-ring (bicyclic) bond motifs is 1. The quantitative estimate of drug-likeness (QED) is 0.214. The van der Waals surface area contributed by atoms with E-state index in [-0.39, 0.29) is 41.9 Å². The number of halogens is 3. The van der Waals surface area contributed by atoms with E-state index in [4.69, 9.17) is 15.5 Å². The summed E-state index contributed by atoms with van der Waals surface area (Å²) in [6.07, 6.45) is 3.96. The van der Waals surface area contributed by atoms with Crippen LogP contribution in [0.1, 0.15) is 71.0 Å². The number of ether oxygens (including phenoxy) is 1. The molecule has 5 rings (SSSR count). The summed E-state index contributed by atoms with van der Waals surface area (Å²) in [6, 6.07) is 3.26. The number of amides is 1. The Morgan fingerprint density at radius 2 is 1.87 bits per heavy atom. The first kappa shape index (κ1) is 33.7. The molecule has 0 spiro atoms. The van der Waals surface area contributed by atoms with E-state index in [1.807, 2.05) is 18.7 Å². The number of hydrogen-bond donors (Lipinski definition) is 3. The lowest BCUT2D eigenvalue weighted by atomic mass is 10.0. The lowest BCUT2D eigenvalue weighted by Gasteiger charge is -2.26. The van der Waals surface area contributed by atoms with Crippen LogP contribution in [0.5, 0.6) is 0 Å². The lowest BCUT2D eigenvalue weighted by Crippen LogP contribution is -2.52. The van der Waals surface area contributed by atoms with Crippen molar-refractivity contribution in [1.29, 1.82) is 0 Å². The van der Waals surface area contributed by atoms with Gasteiger partial charge in [-0.3, -0.25) is 9.89 Å². The Hall–Kier alpha value is -4.17. The van der Waals surface area contributed by atoms with Crippen LogP contribution in [-0.2, 0) is 14.3 Å². The maximum absolute atomic E-state index is 14.6. The highest BCUT2D eigenvalue weighted by molar-refractivity contribution is 5.87. The van der Waals surface area contributed by atoms with Gasteiger partial charge in [-0.2, -0.15) is 10.2 Å². The Bertz CT molecular complexity index is 1660. The zero-order chi connectivity index (χ0) is 31.7. The van der Waals surface area contributed by atoms with E-state index in [0.29, 0.717) is 35.6 Å². The van der Waals surface area contributed by atoms with Crippen LogP contribution in [0.3, 0.4) is 0 Å². The molecule has 0 radical (unpaired) electrons. The van der Waals surface area contributed by atoms with Gasteiger partial charge in [-0.15, -0.1) is 12.4 Å². The van der Waals surface area contributed by atoms with Gasteiger partial charge in [-0.1, -0.05) is 27.7 Å². The van der Waals surface area contributed by atoms with E-state index in [9.17, 15) is 18.4 Å². The predicted molar refractivity (Wildman–Crippen MR) is 165 cm³/mol. The van der Waals surface area contributed by atoms with E-state index in [1.165, 1.54) is 6.07 Å². The fourth-order valence-electron chi connectivity index (χ4n) is 5.24. The molecule has 4 heterocycles. The molecule has 12 nitrogen and oxygen atoms in total. The molecule has 45 heavy (non-hydrogen) atoms. The average Bonchev–Trinajstić information content (AvgIpc) is 3.75. The second-order valence-electron chi connectivity index (χ2n) is 11.8. The number of nitrogens with zero attached hydrogens (tertiary/aromatic N) is 6. The number of carbonyl (C=O) groups is 2. The first-order valence-electron chi connectivity index (χ1n) is 14.7. The summed E-state index contributed by atoms with van der Waals surface area (Å²) in [5, 5.41) is 14.2. The van der Waals surface area contributed by atoms with Crippen LogP contribution in [0.25, 0.3) is 17.0 Å². The zero-order valence-corrected chi connectivity index (χ0v) is 26.5. The molecule has 3 aromatic heterocycles. The Morgan fingerprint density at radius 3 is 2.58 bits per heavy atom. The predicted octanol–water partition coefficient (Wildman–Crippen LogP) is 4.28. The molecule has 242 valence electrons. The molecule has 4 atom stereocenters. The molecule has 4 N–H and O–H groups in total. The van der Waals surface area contributed by atoms with Gasteiger partial charge in [0.15, 0.2) is 23.4 Å².